The summed E-state index contributed by atoms with van der Waals surface area (Å²) >= 11 is 1.95. The lowest BCUT2D eigenvalue weighted by Crippen LogP contribution is -2.34. The zero-order valence-electron chi connectivity index (χ0n) is 11.7. The van der Waals surface area contributed by atoms with E-state index in [9.17, 15) is 4.79 Å². The van der Waals surface area contributed by atoms with E-state index in [4.69, 9.17) is 4.74 Å². The van der Waals surface area contributed by atoms with E-state index < -0.39 is 0 Å². The van der Waals surface area contributed by atoms with Gasteiger partial charge >= 0.3 is 0 Å². The van der Waals surface area contributed by atoms with Crippen LogP contribution in [-0.4, -0.2) is 42.0 Å². The Morgan fingerprint density at radius 3 is 3.15 bits per heavy atom. The molecule has 108 valence electrons. The molecule has 0 N–H and O–H groups in total. The van der Waals surface area contributed by atoms with Crippen LogP contribution in [0, 0.1) is 0 Å². The number of amides is 1. The normalized spacial score (nSPS) is 23.0. The van der Waals surface area contributed by atoms with Crippen molar-refractivity contribution in [1.29, 1.82) is 0 Å². The molecule has 0 bridgehead atoms. The van der Waals surface area contributed by atoms with Crippen molar-refractivity contribution in [2.45, 2.75) is 25.4 Å². The number of hydrogen-bond donors (Lipinski definition) is 0. The first kappa shape index (κ1) is 14.0. The zero-order valence-corrected chi connectivity index (χ0v) is 12.5. The van der Waals surface area contributed by atoms with Gasteiger partial charge in [-0.05, 0) is 29.7 Å². The number of thioether (sulfide) groups is 1. The summed E-state index contributed by atoms with van der Waals surface area (Å²) in [6, 6.07) is 8.35. The summed E-state index contributed by atoms with van der Waals surface area (Å²) in [4.78, 5) is 14.5. The number of rotatable bonds is 2. The molecule has 2 aliphatic rings. The highest BCUT2D eigenvalue weighted by atomic mass is 32.2. The van der Waals surface area contributed by atoms with E-state index in [1.54, 1.807) is 0 Å². The fourth-order valence-corrected chi connectivity index (χ4v) is 3.82. The minimum Gasteiger partial charge on any atom is -0.373 e. The summed E-state index contributed by atoms with van der Waals surface area (Å²) in [7, 11) is 0. The van der Waals surface area contributed by atoms with Gasteiger partial charge in [-0.1, -0.05) is 24.3 Å². The fourth-order valence-electron chi connectivity index (χ4n) is 2.93. The lowest BCUT2D eigenvalue weighted by Gasteiger charge is -2.28. The van der Waals surface area contributed by atoms with Crippen molar-refractivity contribution in [3.05, 3.63) is 35.4 Å². The SMILES string of the molecule is O=C(CC1OCCc2ccccc21)N1CCCSCC1. The van der Waals surface area contributed by atoms with Crippen molar-refractivity contribution in [3.8, 4) is 0 Å². The summed E-state index contributed by atoms with van der Waals surface area (Å²) < 4.78 is 5.84. The second-order valence-corrected chi connectivity index (χ2v) is 6.58. The standard InChI is InChI=1S/C16H21NO2S/c18-16(17-7-3-10-20-11-8-17)12-15-14-5-2-1-4-13(14)6-9-19-15/h1-2,4-5,15H,3,6-12H2. The summed E-state index contributed by atoms with van der Waals surface area (Å²) in [6.45, 7) is 2.52. The molecule has 1 amide bonds. The van der Waals surface area contributed by atoms with E-state index in [2.05, 4.69) is 18.2 Å². The van der Waals surface area contributed by atoms with E-state index in [0.29, 0.717) is 6.42 Å². The molecule has 1 aromatic rings. The molecule has 1 aromatic carbocycles. The van der Waals surface area contributed by atoms with Gasteiger partial charge in [0.2, 0.25) is 5.91 Å². The number of carbonyl (C=O) groups excluding carboxylic acids is 1. The zero-order chi connectivity index (χ0) is 13.8. The van der Waals surface area contributed by atoms with E-state index >= 15 is 0 Å². The van der Waals surface area contributed by atoms with Crippen LogP contribution in [0.4, 0.5) is 0 Å². The second-order valence-electron chi connectivity index (χ2n) is 5.36. The molecule has 1 unspecified atom stereocenters. The van der Waals surface area contributed by atoms with Crippen LogP contribution in [0.1, 0.15) is 30.1 Å². The minimum atomic E-state index is -0.0524. The van der Waals surface area contributed by atoms with Gasteiger partial charge in [-0.25, -0.2) is 0 Å². The highest BCUT2D eigenvalue weighted by Crippen LogP contribution is 2.30. The first-order valence-corrected chi connectivity index (χ1v) is 8.55. The minimum absolute atomic E-state index is 0.0524. The van der Waals surface area contributed by atoms with Crippen LogP contribution in [0.5, 0.6) is 0 Å². The maximum atomic E-state index is 12.5. The number of carbonyl (C=O) groups is 1. The lowest BCUT2D eigenvalue weighted by atomic mass is 9.95. The van der Waals surface area contributed by atoms with Crippen LogP contribution in [0.25, 0.3) is 0 Å². The summed E-state index contributed by atoms with van der Waals surface area (Å²) in [5.74, 6) is 2.48. The molecule has 3 rings (SSSR count). The van der Waals surface area contributed by atoms with Gasteiger partial charge in [-0.3, -0.25) is 4.79 Å². The maximum Gasteiger partial charge on any atom is 0.225 e. The summed E-state index contributed by atoms with van der Waals surface area (Å²) in [6.07, 6.45) is 2.50. The van der Waals surface area contributed by atoms with Crippen molar-refractivity contribution >= 4 is 17.7 Å². The lowest BCUT2D eigenvalue weighted by molar-refractivity contribution is -0.134. The van der Waals surface area contributed by atoms with Crippen LogP contribution in [0.2, 0.25) is 0 Å². The van der Waals surface area contributed by atoms with Gasteiger partial charge < -0.3 is 9.64 Å². The molecule has 0 radical (unpaired) electrons. The first-order valence-electron chi connectivity index (χ1n) is 7.39. The van der Waals surface area contributed by atoms with Crippen LogP contribution >= 0.6 is 11.8 Å². The van der Waals surface area contributed by atoms with Gasteiger partial charge in [-0.2, -0.15) is 11.8 Å². The summed E-state index contributed by atoms with van der Waals surface area (Å²) in [5.41, 5.74) is 2.54. The van der Waals surface area contributed by atoms with Crippen molar-refractivity contribution in [2.75, 3.05) is 31.2 Å². The quantitative estimate of drug-likeness (QED) is 0.839. The fraction of sp³-hybridized carbons (Fsp3) is 0.562. The Kier molecular flexibility index (Phi) is 4.63. The predicted octanol–water partition coefficient (Wildman–Crippen LogP) is 2.66. The molecular formula is C16H21NO2S. The topological polar surface area (TPSA) is 29.5 Å². The molecule has 20 heavy (non-hydrogen) atoms. The van der Waals surface area contributed by atoms with E-state index in [1.807, 2.05) is 22.7 Å². The average molecular weight is 291 g/mol. The number of benzene rings is 1. The molecule has 0 saturated carbocycles. The smallest absolute Gasteiger partial charge is 0.225 e. The van der Waals surface area contributed by atoms with Crippen molar-refractivity contribution in [3.63, 3.8) is 0 Å². The number of fused-ring (bicyclic) bond motifs is 1. The highest BCUT2D eigenvalue weighted by Gasteiger charge is 2.25. The molecule has 1 fully saturated rings. The Labute approximate surface area is 124 Å². The van der Waals surface area contributed by atoms with Gasteiger partial charge in [0.25, 0.3) is 0 Å². The van der Waals surface area contributed by atoms with Crippen molar-refractivity contribution in [2.24, 2.45) is 0 Å². The highest BCUT2D eigenvalue weighted by molar-refractivity contribution is 7.99. The largest absolute Gasteiger partial charge is 0.373 e. The number of nitrogens with zero attached hydrogens (tertiary/aromatic N) is 1. The third-order valence-corrected chi connectivity index (χ3v) is 5.08. The van der Waals surface area contributed by atoms with Gasteiger partial charge in [0, 0.05) is 18.8 Å². The number of hydrogen-bond acceptors (Lipinski definition) is 3. The second kappa shape index (κ2) is 6.64. The van der Waals surface area contributed by atoms with Gasteiger partial charge in [0.15, 0.2) is 0 Å². The molecular weight excluding hydrogens is 270 g/mol. The van der Waals surface area contributed by atoms with Crippen LogP contribution in [-0.2, 0) is 16.0 Å². The Morgan fingerprint density at radius 1 is 1.30 bits per heavy atom. The third-order valence-electron chi connectivity index (χ3n) is 4.03. The van der Waals surface area contributed by atoms with E-state index in [-0.39, 0.29) is 12.0 Å². The molecule has 2 heterocycles. The van der Waals surface area contributed by atoms with Crippen LogP contribution in [0.3, 0.4) is 0 Å². The van der Waals surface area contributed by atoms with Gasteiger partial charge in [-0.15, -0.1) is 0 Å². The first-order chi connectivity index (χ1) is 9.84. The Hall–Kier alpha value is -1.000. The van der Waals surface area contributed by atoms with Crippen molar-refractivity contribution < 1.29 is 9.53 Å². The maximum absolute atomic E-state index is 12.5. The van der Waals surface area contributed by atoms with Crippen molar-refractivity contribution in [1.82, 2.24) is 4.90 Å². The molecule has 4 heteroatoms. The van der Waals surface area contributed by atoms with Crippen LogP contribution in [0.15, 0.2) is 24.3 Å². The van der Waals surface area contributed by atoms with Gasteiger partial charge in [0.1, 0.15) is 0 Å². The van der Waals surface area contributed by atoms with Gasteiger partial charge in [0.05, 0.1) is 19.1 Å². The average Bonchev–Trinajstić information content (AvgIpc) is 2.77. The Bertz CT molecular complexity index is 469. The molecule has 3 nitrogen and oxygen atoms in total. The molecule has 1 atom stereocenters. The molecule has 0 aliphatic carbocycles. The Morgan fingerprint density at radius 2 is 2.20 bits per heavy atom. The monoisotopic (exact) mass is 291 g/mol. The van der Waals surface area contributed by atoms with Crippen LogP contribution < -0.4 is 0 Å². The summed E-state index contributed by atoms with van der Waals surface area (Å²) in [5, 5.41) is 0. The third kappa shape index (κ3) is 3.18. The Balaban J connectivity index is 1.67. The van der Waals surface area contributed by atoms with E-state index in [0.717, 1.165) is 38.3 Å². The predicted molar refractivity (Wildman–Crippen MR) is 82.0 cm³/mol. The molecule has 1 saturated heterocycles. The van der Waals surface area contributed by atoms with E-state index in [1.165, 1.54) is 16.9 Å². The number of ether oxygens (including phenoxy) is 1. The molecule has 0 aromatic heterocycles. The molecule has 2 aliphatic heterocycles. The molecule has 0 spiro atoms.